The summed E-state index contributed by atoms with van der Waals surface area (Å²) in [5.74, 6) is -2.04. The van der Waals surface area contributed by atoms with E-state index >= 15 is 0 Å². The van der Waals surface area contributed by atoms with Crippen molar-refractivity contribution in [3.63, 3.8) is 0 Å². The summed E-state index contributed by atoms with van der Waals surface area (Å²) in [6.07, 6.45) is 1.52. The summed E-state index contributed by atoms with van der Waals surface area (Å²) < 4.78 is 0. The topological polar surface area (TPSA) is 125 Å². The van der Waals surface area contributed by atoms with Gasteiger partial charge in [-0.15, -0.1) is 0 Å². The molecule has 0 radical (unpaired) electrons. The number of carbonyl (C=O) groups is 2. The summed E-state index contributed by atoms with van der Waals surface area (Å²) in [5.41, 5.74) is 5.21. The molecule has 0 aromatic heterocycles. The Balaban J connectivity index is 1.69. The van der Waals surface area contributed by atoms with Gasteiger partial charge in [0.05, 0.1) is 11.1 Å². The van der Waals surface area contributed by atoms with E-state index in [1.165, 1.54) is 30.3 Å². The molecule has 178 valence electrons. The maximum Gasteiger partial charge on any atom is 0.335 e. The second kappa shape index (κ2) is 10.7. The van der Waals surface area contributed by atoms with Gasteiger partial charge in [-0.1, -0.05) is 36.4 Å². The average molecular weight is 485 g/mol. The number of hydrogen-bond donors (Lipinski definition) is 2. The smallest absolute Gasteiger partial charge is 0.335 e. The van der Waals surface area contributed by atoms with E-state index < -0.39 is 11.9 Å². The fourth-order valence-corrected chi connectivity index (χ4v) is 3.78. The summed E-state index contributed by atoms with van der Waals surface area (Å²) in [5, 5.41) is 36.4. The molecule has 0 fully saturated rings. The molecule has 0 amide bonds. The van der Waals surface area contributed by atoms with Gasteiger partial charge in [0.25, 0.3) is 0 Å². The lowest BCUT2D eigenvalue weighted by Crippen LogP contribution is -2.10. The van der Waals surface area contributed by atoms with Crippen LogP contribution in [0.5, 0.6) is 0 Å². The second-order valence-electron chi connectivity index (χ2n) is 7.99. The molecule has 0 saturated carbocycles. The molecular formula is C30H19N3O4. The van der Waals surface area contributed by atoms with Crippen LogP contribution in [-0.2, 0) is 0 Å². The molecule has 0 spiro atoms. The van der Waals surface area contributed by atoms with E-state index in [0.29, 0.717) is 11.4 Å². The highest BCUT2D eigenvalue weighted by Gasteiger charge is 2.15. The molecule has 0 saturated heterocycles. The zero-order valence-corrected chi connectivity index (χ0v) is 19.4. The maximum atomic E-state index is 11.3. The second-order valence-corrected chi connectivity index (χ2v) is 7.99. The first-order valence-corrected chi connectivity index (χ1v) is 11.1. The Hall–Kier alpha value is -5.66. The first-order chi connectivity index (χ1) is 17.9. The zero-order chi connectivity index (χ0) is 26.4. The predicted molar refractivity (Wildman–Crippen MR) is 140 cm³/mol. The normalized spacial score (nSPS) is 10.0. The number of aromatic carboxylic acids is 2. The average Bonchev–Trinajstić information content (AvgIpc) is 2.93. The number of carboxylic acid groups (broad SMARTS) is 2. The van der Waals surface area contributed by atoms with Crippen molar-refractivity contribution in [1.29, 1.82) is 10.5 Å². The molecule has 7 nitrogen and oxygen atoms in total. The van der Waals surface area contributed by atoms with Crippen LogP contribution in [0.15, 0.2) is 103 Å². The third kappa shape index (κ3) is 5.54. The molecule has 0 aliphatic rings. The molecule has 0 bridgehead atoms. The minimum Gasteiger partial charge on any atom is -0.478 e. The first kappa shape index (κ1) is 24.5. The number of benzene rings is 4. The molecular weight excluding hydrogens is 466 g/mol. The van der Waals surface area contributed by atoms with Crippen molar-refractivity contribution in [2.75, 3.05) is 4.90 Å². The highest BCUT2D eigenvalue weighted by atomic mass is 16.4. The third-order valence-electron chi connectivity index (χ3n) is 5.67. The summed E-state index contributed by atoms with van der Waals surface area (Å²) in [4.78, 5) is 24.5. The molecule has 0 unspecified atom stereocenters. The Bertz CT molecular complexity index is 1480. The molecule has 4 aromatic carbocycles. The quantitative estimate of drug-likeness (QED) is 0.281. The Morgan fingerprint density at radius 2 is 0.946 bits per heavy atom. The van der Waals surface area contributed by atoms with Gasteiger partial charge < -0.3 is 15.1 Å². The van der Waals surface area contributed by atoms with E-state index in [9.17, 15) is 19.8 Å². The van der Waals surface area contributed by atoms with Gasteiger partial charge in [0.15, 0.2) is 0 Å². The number of anilines is 3. The third-order valence-corrected chi connectivity index (χ3v) is 5.67. The lowest BCUT2D eigenvalue weighted by atomic mass is 10.0. The van der Waals surface area contributed by atoms with Gasteiger partial charge in [0.2, 0.25) is 0 Å². The molecule has 0 aliphatic heterocycles. The van der Waals surface area contributed by atoms with Gasteiger partial charge in [-0.25, -0.2) is 9.59 Å². The number of carboxylic acids is 2. The zero-order valence-electron chi connectivity index (χ0n) is 19.4. The van der Waals surface area contributed by atoms with E-state index in [2.05, 4.69) is 0 Å². The summed E-state index contributed by atoms with van der Waals surface area (Å²) >= 11 is 0. The Morgan fingerprint density at radius 3 is 1.30 bits per heavy atom. The number of allylic oxidation sites excluding steroid dienone is 1. The van der Waals surface area contributed by atoms with Gasteiger partial charge in [-0.3, -0.25) is 0 Å². The lowest BCUT2D eigenvalue weighted by Gasteiger charge is -2.26. The standard InChI is InChI=1S/C30H19N3O4/c31-18-21(19-32)17-20-1-3-22(4-2-20)23-5-11-26(12-6-23)33(27-13-7-24(8-14-27)29(34)35)28-15-9-25(10-16-28)30(36)37/h1-17H,(H,34,35)(H,36,37). The molecule has 4 rings (SSSR count). The molecule has 37 heavy (non-hydrogen) atoms. The van der Waals surface area contributed by atoms with Crippen molar-refractivity contribution in [3.8, 4) is 23.3 Å². The fraction of sp³-hybridized carbons (Fsp3) is 0. The van der Waals surface area contributed by atoms with E-state index in [4.69, 9.17) is 10.5 Å². The highest BCUT2D eigenvalue weighted by molar-refractivity contribution is 5.90. The number of nitriles is 2. The fourth-order valence-electron chi connectivity index (χ4n) is 3.78. The van der Waals surface area contributed by atoms with Gasteiger partial charge in [-0.2, -0.15) is 10.5 Å². The molecule has 2 N–H and O–H groups in total. The van der Waals surface area contributed by atoms with Gasteiger partial charge in [0, 0.05) is 17.1 Å². The summed E-state index contributed by atoms with van der Waals surface area (Å²) in [6, 6.07) is 31.8. The van der Waals surface area contributed by atoms with Crippen LogP contribution in [0, 0.1) is 22.7 Å². The van der Waals surface area contributed by atoms with E-state index in [0.717, 1.165) is 22.4 Å². The molecule has 7 heteroatoms. The highest BCUT2D eigenvalue weighted by Crippen LogP contribution is 2.36. The molecule has 4 aromatic rings. The van der Waals surface area contributed by atoms with Crippen molar-refractivity contribution in [3.05, 3.63) is 119 Å². The number of nitrogens with zero attached hydrogens (tertiary/aromatic N) is 3. The van der Waals surface area contributed by atoms with Crippen molar-refractivity contribution in [2.45, 2.75) is 0 Å². The van der Waals surface area contributed by atoms with Crippen molar-refractivity contribution in [1.82, 2.24) is 0 Å². The Kier molecular flexibility index (Phi) is 7.09. The summed E-state index contributed by atoms with van der Waals surface area (Å²) in [7, 11) is 0. The van der Waals surface area contributed by atoms with E-state index in [1.807, 2.05) is 65.6 Å². The minimum absolute atomic E-state index is 0.0324. The van der Waals surface area contributed by atoms with Crippen LogP contribution in [0.3, 0.4) is 0 Å². The summed E-state index contributed by atoms with van der Waals surface area (Å²) in [6.45, 7) is 0. The number of hydrogen-bond acceptors (Lipinski definition) is 5. The Morgan fingerprint density at radius 1 is 0.595 bits per heavy atom. The maximum absolute atomic E-state index is 11.3. The monoisotopic (exact) mass is 485 g/mol. The van der Waals surface area contributed by atoms with Crippen LogP contribution in [0.2, 0.25) is 0 Å². The minimum atomic E-state index is -1.02. The molecule has 0 heterocycles. The predicted octanol–water partition coefficient (Wildman–Crippen LogP) is 6.65. The Labute approximate surface area is 213 Å². The van der Waals surface area contributed by atoms with Crippen LogP contribution >= 0.6 is 0 Å². The van der Waals surface area contributed by atoms with Crippen LogP contribution in [0.1, 0.15) is 26.3 Å². The van der Waals surface area contributed by atoms with Crippen LogP contribution in [0.4, 0.5) is 17.1 Å². The van der Waals surface area contributed by atoms with E-state index in [1.54, 1.807) is 24.3 Å². The van der Waals surface area contributed by atoms with Crippen LogP contribution in [0.25, 0.3) is 17.2 Å². The van der Waals surface area contributed by atoms with Crippen molar-refractivity contribution < 1.29 is 19.8 Å². The first-order valence-electron chi connectivity index (χ1n) is 11.1. The van der Waals surface area contributed by atoms with Crippen LogP contribution < -0.4 is 4.90 Å². The van der Waals surface area contributed by atoms with Crippen LogP contribution in [-0.4, -0.2) is 22.2 Å². The largest absolute Gasteiger partial charge is 0.478 e. The van der Waals surface area contributed by atoms with Gasteiger partial charge in [-0.05, 0) is 83.4 Å². The molecule has 0 aliphatic carbocycles. The van der Waals surface area contributed by atoms with Crippen molar-refractivity contribution in [2.24, 2.45) is 0 Å². The number of rotatable bonds is 7. The SMILES string of the molecule is N#CC(C#N)=Cc1ccc(-c2ccc(N(c3ccc(C(=O)O)cc3)c3ccc(C(=O)O)cc3)cc2)cc1. The van der Waals surface area contributed by atoms with Gasteiger partial charge >= 0.3 is 11.9 Å². The molecule has 0 atom stereocenters. The van der Waals surface area contributed by atoms with Gasteiger partial charge in [0.1, 0.15) is 17.7 Å². The van der Waals surface area contributed by atoms with Crippen molar-refractivity contribution >= 4 is 35.1 Å². The van der Waals surface area contributed by atoms with E-state index in [-0.39, 0.29) is 16.7 Å². The lowest BCUT2D eigenvalue weighted by molar-refractivity contribution is 0.0686.